The Hall–Kier alpha value is -3.62. The summed E-state index contributed by atoms with van der Waals surface area (Å²) in [5.74, 6) is -0.593. The molecule has 0 aromatic heterocycles. The summed E-state index contributed by atoms with van der Waals surface area (Å²) in [6, 6.07) is 7.50. The van der Waals surface area contributed by atoms with Crippen molar-refractivity contribution in [1.29, 1.82) is 0 Å². The topological polar surface area (TPSA) is 145 Å². The molecule has 0 radical (unpaired) electrons. The molecule has 0 atom stereocenters. The third-order valence-corrected chi connectivity index (χ3v) is 7.08. The summed E-state index contributed by atoms with van der Waals surface area (Å²) in [5.41, 5.74) is 16.3. The molecule has 230 valence electrons. The van der Waals surface area contributed by atoms with Crippen LogP contribution in [0.25, 0.3) is 0 Å². The van der Waals surface area contributed by atoms with Crippen molar-refractivity contribution in [2.24, 2.45) is 11.5 Å². The van der Waals surface area contributed by atoms with E-state index in [0.717, 1.165) is 33.4 Å². The molecule has 42 heavy (non-hydrogen) atoms. The smallest absolute Gasteiger partial charge is 0.244 e. The van der Waals surface area contributed by atoms with Crippen LogP contribution in [-0.2, 0) is 42.7 Å². The number of rotatable bonds is 12. The number of amides is 2. The zero-order valence-corrected chi connectivity index (χ0v) is 26.6. The van der Waals surface area contributed by atoms with Crippen LogP contribution in [0.1, 0.15) is 81.8 Å². The molecule has 0 bridgehead atoms. The van der Waals surface area contributed by atoms with Crippen molar-refractivity contribution in [3.05, 3.63) is 80.9 Å². The van der Waals surface area contributed by atoms with Gasteiger partial charge in [0.25, 0.3) is 0 Å². The minimum absolute atomic E-state index is 0.0946. The Morgan fingerprint density at radius 1 is 0.738 bits per heavy atom. The van der Waals surface area contributed by atoms with Crippen molar-refractivity contribution in [2.75, 3.05) is 13.2 Å². The van der Waals surface area contributed by atoms with Crippen molar-refractivity contribution >= 4 is 11.8 Å². The van der Waals surface area contributed by atoms with E-state index in [1.165, 1.54) is 0 Å². The Labute approximate surface area is 250 Å². The molecule has 0 unspecified atom stereocenters. The maximum atomic E-state index is 12.1. The van der Waals surface area contributed by atoms with Gasteiger partial charge in [-0.25, -0.2) is 0 Å². The first kappa shape index (κ1) is 34.6. The van der Waals surface area contributed by atoms with Gasteiger partial charge in [0.15, 0.2) is 6.29 Å². The Balaban J connectivity index is 2.05. The maximum Gasteiger partial charge on any atom is 0.244 e. The van der Waals surface area contributed by atoms with Gasteiger partial charge in [-0.1, -0.05) is 65.8 Å². The van der Waals surface area contributed by atoms with E-state index in [-0.39, 0.29) is 35.5 Å². The number of aryl methyl sites for hydroxylation is 2. The van der Waals surface area contributed by atoms with Crippen LogP contribution in [0.4, 0.5) is 0 Å². The molecule has 8 nitrogen and oxygen atoms in total. The molecule has 2 aromatic carbocycles. The van der Waals surface area contributed by atoms with Gasteiger partial charge >= 0.3 is 0 Å². The van der Waals surface area contributed by atoms with Gasteiger partial charge < -0.3 is 31.2 Å². The van der Waals surface area contributed by atoms with Gasteiger partial charge in [0.2, 0.25) is 11.8 Å². The number of nitrogens with two attached hydrogens (primary N) is 2. The predicted octanol–water partition coefficient (Wildman–Crippen LogP) is 5.30. The summed E-state index contributed by atoms with van der Waals surface area (Å²) >= 11 is 0. The molecule has 0 fully saturated rings. The molecule has 2 amide bonds. The van der Waals surface area contributed by atoms with Gasteiger partial charge in [-0.2, -0.15) is 0 Å². The van der Waals surface area contributed by atoms with Crippen LogP contribution in [0.2, 0.25) is 0 Å². The second kappa shape index (κ2) is 14.0. The molecule has 0 aliphatic carbocycles. The van der Waals surface area contributed by atoms with Gasteiger partial charge in [0.05, 0.1) is 13.2 Å². The van der Waals surface area contributed by atoms with Crippen molar-refractivity contribution in [2.45, 2.75) is 92.3 Å². The molecule has 0 aliphatic heterocycles. The van der Waals surface area contributed by atoms with E-state index in [1.54, 1.807) is 19.1 Å². The highest BCUT2D eigenvalue weighted by molar-refractivity contribution is 5.92. The highest BCUT2D eigenvalue weighted by Crippen LogP contribution is 2.35. The Morgan fingerprint density at radius 3 is 1.36 bits per heavy atom. The number of hydrogen-bond donors (Lipinski definition) is 4. The first-order valence-electron chi connectivity index (χ1n) is 14.2. The molecule has 0 saturated carbocycles. The Bertz CT molecular complexity index is 1260. The highest BCUT2D eigenvalue weighted by Gasteiger charge is 2.22. The third-order valence-electron chi connectivity index (χ3n) is 7.08. The summed E-state index contributed by atoms with van der Waals surface area (Å²) in [4.78, 5) is 24.3. The molecule has 2 aromatic rings. The second-order valence-corrected chi connectivity index (χ2v) is 12.9. The van der Waals surface area contributed by atoms with Gasteiger partial charge in [0.1, 0.15) is 11.5 Å². The number of primary amides is 2. The average molecular weight is 581 g/mol. The van der Waals surface area contributed by atoms with Gasteiger partial charge in [0, 0.05) is 24.0 Å². The molecular weight excluding hydrogens is 532 g/mol. The minimum atomic E-state index is -0.632. The van der Waals surface area contributed by atoms with Crippen LogP contribution in [0.15, 0.2) is 47.6 Å². The van der Waals surface area contributed by atoms with E-state index in [4.69, 9.17) is 20.9 Å². The summed E-state index contributed by atoms with van der Waals surface area (Å²) in [6.07, 6.45) is 3.23. The number of aromatic hydroxyl groups is 2. The minimum Gasteiger partial charge on any atom is -0.507 e. The zero-order valence-electron chi connectivity index (χ0n) is 26.6. The normalized spacial score (nSPS) is 13.7. The number of phenols is 2. The summed E-state index contributed by atoms with van der Waals surface area (Å²) in [7, 11) is 0. The van der Waals surface area contributed by atoms with Gasteiger partial charge in [-0.3, -0.25) is 9.59 Å². The molecule has 0 spiro atoms. The standard InChI is InChI=1S/C34H48N2O6/c1-20-14-23(18-27(29(20)37)33(4,5)6)16-25(31(35)39)10-12-41-22(3)42-13-11-26(32(36)40)17-24-15-21(2)30(38)28(19-24)34(7,8)9/h10-11,14-15,18-19,22,37-38H,12-13,16-17H2,1-9H3,(H2,35,39)(H2,36,40). The van der Waals surface area contributed by atoms with Crippen LogP contribution in [0.5, 0.6) is 11.5 Å². The largest absolute Gasteiger partial charge is 0.507 e. The second-order valence-electron chi connectivity index (χ2n) is 12.9. The van der Waals surface area contributed by atoms with Crippen molar-refractivity contribution < 1.29 is 29.3 Å². The van der Waals surface area contributed by atoms with Crippen LogP contribution in [0, 0.1) is 13.8 Å². The van der Waals surface area contributed by atoms with E-state index < -0.39 is 18.1 Å². The van der Waals surface area contributed by atoms with E-state index in [2.05, 4.69) is 0 Å². The van der Waals surface area contributed by atoms with Crippen LogP contribution in [0.3, 0.4) is 0 Å². The number of benzene rings is 2. The third kappa shape index (κ3) is 9.74. The molecule has 0 saturated heterocycles. The van der Waals surface area contributed by atoms with Gasteiger partial charge in [-0.15, -0.1) is 0 Å². The van der Waals surface area contributed by atoms with E-state index in [9.17, 15) is 19.8 Å². The van der Waals surface area contributed by atoms with Crippen molar-refractivity contribution in [1.82, 2.24) is 0 Å². The lowest BCUT2D eigenvalue weighted by molar-refractivity contribution is -0.117. The lowest BCUT2D eigenvalue weighted by atomic mass is 9.83. The van der Waals surface area contributed by atoms with Crippen molar-refractivity contribution in [3.8, 4) is 11.5 Å². The highest BCUT2D eigenvalue weighted by atomic mass is 16.7. The van der Waals surface area contributed by atoms with E-state index >= 15 is 0 Å². The molecule has 6 N–H and O–H groups in total. The van der Waals surface area contributed by atoms with E-state index in [1.807, 2.05) is 79.7 Å². The number of carbonyl (C=O) groups is 2. The lowest BCUT2D eigenvalue weighted by Crippen LogP contribution is -2.19. The fourth-order valence-corrected chi connectivity index (χ4v) is 4.63. The monoisotopic (exact) mass is 580 g/mol. The summed E-state index contributed by atoms with van der Waals surface area (Å²) < 4.78 is 11.4. The first-order chi connectivity index (χ1) is 19.3. The molecule has 0 heterocycles. The number of phenolic OH excluding ortho intramolecular Hbond substituents is 2. The van der Waals surface area contributed by atoms with Crippen molar-refractivity contribution in [3.63, 3.8) is 0 Å². The predicted molar refractivity (Wildman–Crippen MR) is 166 cm³/mol. The Morgan fingerprint density at radius 2 is 1.07 bits per heavy atom. The van der Waals surface area contributed by atoms with Crippen LogP contribution < -0.4 is 11.5 Å². The first-order valence-corrected chi connectivity index (χ1v) is 14.2. The maximum absolute atomic E-state index is 12.1. The summed E-state index contributed by atoms with van der Waals surface area (Å²) in [5, 5.41) is 21.0. The van der Waals surface area contributed by atoms with E-state index in [0.29, 0.717) is 24.0 Å². The quantitative estimate of drug-likeness (QED) is 0.198. The average Bonchev–Trinajstić information content (AvgIpc) is 2.85. The van der Waals surface area contributed by atoms with Gasteiger partial charge in [-0.05, 0) is 77.1 Å². The lowest BCUT2D eigenvalue weighted by Gasteiger charge is -2.23. The van der Waals surface area contributed by atoms with Crippen LogP contribution in [-0.4, -0.2) is 41.5 Å². The SMILES string of the molecule is Cc1cc(CC(=CCOC(C)OCC=C(Cc2cc(C)c(O)c(C(C)(C)C)c2)C(N)=O)C(N)=O)cc(C(C)(C)C)c1O. The summed E-state index contributed by atoms with van der Waals surface area (Å²) in [6.45, 7) is 17.7. The molecular formula is C34H48N2O6. The fourth-order valence-electron chi connectivity index (χ4n) is 4.63. The number of hydrogen-bond acceptors (Lipinski definition) is 6. The zero-order chi connectivity index (χ0) is 32.0. The molecule has 0 aliphatic rings. The molecule has 8 heteroatoms. The number of carbonyl (C=O) groups excluding carboxylic acids is 2. The Kier molecular flexibility index (Phi) is 11.6. The number of ether oxygens (including phenoxy) is 2. The fraction of sp³-hybridized carbons (Fsp3) is 0.471. The van der Waals surface area contributed by atoms with Crippen LogP contribution >= 0.6 is 0 Å². The molecule has 2 rings (SSSR count).